The quantitative estimate of drug-likeness (QED) is 0.821. The minimum atomic E-state index is -0.468. The van der Waals surface area contributed by atoms with Crippen molar-refractivity contribution in [2.75, 3.05) is 26.2 Å². The summed E-state index contributed by atoms with van der Waals surface area (Å²) >= 11 is 0. The van der Waals surface area contributed by atoms with Gasteiger partial charge in [0.15, 0.2) is 0 Å². The Balaban J connectivity index is 1.78. The second kappa shape index (κ2) is 7.08. The van der Waals surface area contributed by atoms with Gasteiger partial charge >= 0.3 is 0 Å². The third-order valence-corrected chi connectivity index (χ3v) is 3.55. The van der Waals surface area contributed by atoms with Gasteiger partial charge in [-0.25, -0.2) is 0 Å². The molecule has 2 amide bonds. The van der Waals surface area contributed by atoms with Crippen molar-refractivity contribution in [1.82, 2.24) is 10.2 Å². The number of amides is 2. The van der Waals surface area contributed by atoms with Crippen LogP contribution < -0.4 is 15.8 Å². The Morgan fingerprint density at radius 3 is 2.71 bits per heavy atom. The van der Waals surface area contributed by atoms with E-state index in [9.17, 15) is 9.59 Å². The number of primary amides is 1. The fourth-order valence-corrected chi connectivity index (χ4v) is 2.33. The summed E-state index contributed by atoms with van der Waals surface area (Å²) in [5.74, 6) is 0.267. The van der Waals surface area contributed by atoms with Crippen LogP contribution in [0.5, 0.6) is 5.75 Å². The van der Waals surface area contributed by atoms with Gasteiger partial charge in [0.2, 0.25) is 11.8 Å². The molecule has 1 saturated heterocycles. The maximum Gasteiger partial charge on any atom is 0.248 e. The third kappa shape index (κ3) is 4.19. The molecule has 1 aliphatic rings. The van der Waals surface area contributed by atoms with Crippen LogP contribution in [-0.2, 0) is 4.79 Å². The Morgan fingerprint density at radius 1 is 1.38 bits per heavy atom. The summed E-state index contributed by atoms with van der Waals surface area (Å²) in [6.45, 7) is 4.78. The molecular weight excluding hydrogens is 270 g/mol. The SMILES string of the molecule is CC1CNCCN1C(=O)CCOc1ccc(C(N)=O)cc1. The molecule has 6 heteroatoms. The first-order chi connectivity index (χ1) is 10.1. The first kappa shape index (κ1) is 15.3. The maximum atomic E-state index is 12.1. The average Bonchev–Trinajstić information content (AvgIpc) is 2.48. The van der Waals surface area contributed by atoms with Crippen molar-refractivity contribution in [3.8, 4) is 5.75 Å². The number of nitrogens with two attached hydrogens (primary N) is 1. The highest BCUT2D eigenvalue weighted by Gasteiger charge is 2.22. The molecule has 0 spiro atoms. The van der Waals surface area contributed by atoms with Crippen LogP contribution in [0.15, 0.2) is 24.3 Å². The van der Waals surface area contributed by atoms with Crippen LogP contribution in [-0.4, -0.2) is 49.0 Å². The second-order valence-corrected chi connectivity index (χ2v) is 5.13. The molecule has 0 aliphatic carbocycles. The molecule has 0 aromatic heterocycles. The molecule has 21 heavy (non-hydrogen) atoms. The Labute approximate surface area is 124 Å². The van der Waals surface area contributed by atoms with E-state index in [0.29, 0.717) is 24.3 Å². The van der Waals surface area contributed by atoms with Crippen molar-refractivity contribution in [2.45, 2.75) is 19.4 Å². The van der Waals surface area contributed by atoms with E-state index in [4.69, 9.17) is 10.5 Å². The molecule has 0 saturated carbocycles. The van der Waals surface area contributed by atoms with Crippen LogP contribution in [0.25, 0.3) is 0 Å². The van der Waals surface area contributed by atoms with Gasteiger partial charge in [0.1, 0.15) is 5.75 Å². The van der Waals surface area contributed by atoms with Crippen LogP contribution >= 0.6 is 0 Å². The molecule has 1 heterocycles. The van der Waals surface area contributed by atoms with E-state index >= 15 is 0 Å². The highest BCUT2D eigenvalue weighted by Crippen LogP contribution is 2.12. The molecule has 114 valence electrons. The molecule has 1 aromatic rings. The summed E-state index contributed by atoms with van der Waals surface area (Å²) in [7, 11) is 0. The first-order valence-electron chi connectivity index (χ1n) is 7.11. The monoisotopic (exact) mass is 291 g/mol. The Morgan fingerprint density at radius 2 is 2.10 bits per heavy atom. The van der Waals surface area contributed by atoms with Crippen molar-refractivity contribution in [3.63, 3.8) is 0 Å². The van der Waals surface area contributed by atoms with E-state index in [1.54, 1.807) is 24.3 Å². The number of hydrogen-bond donors (Lipinski definition) is 2. The molecule has 1 aliphatic heterocycles. The molecule has 6 nitrogen and oxygen atoms in total. The predicted molar refractivity (Wildman–Crippen MR) is 79.1 cm³/mol. The fraction of sp³-hybridized carbons (Fsp3) is 0.467. The number of carbonyl (C=O) groups is 2. The van der Waals surface area contributed by atoms with Crippen LogP contribution in [0.1, 0.15) is 23.7 Å². The summed E-state index contributed by atoms with van der Waals surface area (Å²) in [5, 5.41) is 3.25. The molecule has 0 bridgehead atoms. The second-order valence-electron chi connectivity index (χ2n) is 5.13. The summed E-state index contributed by atoms with van der Waals surface area (Å²) < 4.78 is 5.52. The van der Waals surface area contributed by atoms with Crippen molar-refractivity contribution in [2.24, 2.45) is 5.73 Å². The molecule has 1 fully saturated rings. The Kier molecular flexibility index (Phi) is 5.16. The van der Waals surface area contributed by atoms with Crippen LogP contribution in [0.3, 0.4) is 0 Å². The van der Waals surface area contributed by atoms with Crippen LogP contribution in [0, 0.1) is 0 Å². The molecule has 1 unspecified atom stereocenters. The lowest BCUT2D eigenvalue weighted by Gasteiger charge is -2.34. The van der Waals surface area contributed by atoms with Gasteiger partial charge in [-0.2, -0.15) is 0 Å². The zero-order chi connectivity index (χ0) is 15.2. The van der Waals surface area contributed by atoms with E-state index in [1.165, 1.54) is 0 Å². The van der Waals surface area contributed by atoms with E-state index < -0.39 is 5.91 Å². The summed E-state index contributed by atoms with van der Waals surface area (Å²) in [4.78, 5) is 24.9. The van der Waals surface area contributed by atoms with Crippen molar-refractivity contribution in [3.05, 3.63) is 29.8 Å². The third-order valence-electron chi connectivity index (χ3n) is 3.55. The maximum absolute atomic E-state index is 12.1. The van der Waals surface area contributed by atoms with Gasteiger partial charge in [-0.15, -0.1) is 0 Å². The Hall–Kier alpha value is -2.08. The fourth-order valence-electron chi connectivity index (χ4n) is 2.33. The van der Waals surface area contributed by atoms with Crippen LogP contribution in [0.2, 0.25) is 0 Å². The van der Waals surface area contributed by atoms with Gasteiger partial charge in [0, 0.05) is 31.2 Å². The zero-order valence-electron chi connectivity index (χ0n) is 12.2. The lowest BCUT2D eigenvalue weighted by atomic mass is 10.2. The Bertz CT molecular complexity index is 501. The van der Waals surface area contributed by atoms with E-state index in [0.717, 1.165) is 19.6 Å². The van der Waals surface area contributed by atoms with Crippen LogP contribution in [0.4, 0.5) is 0 Å². The minimum absolute atomic E-state index is 0.109. The van der Waals surface area contributed by atoms with E-state index in [-0.39, 0.29) is 11.9 Å². The number of carbonyl (C=O) groups excluding carboxylic acids is 2. The molecule has 2 rings (SSSR count). The van der Waals surface area contributed by atoms with Gasteiger partial charge in [-0.3, -0.25) is 9.59 Å². The number of nitrogens with zero attached hydrogens (tertiary/aromatic N) is 1. The average molecular weight is 291 g/mol. The van der Waals surface area contributed by atoms with E-state index in [2.05, 4.69) is 5.32 Å². The summed E-state index contributed by atoms with van der Waals surface area (Å²) in [5.41, 5.74) is 5.60. The normalized spacial score (nSPS) is 18.3. The zero-order valence-corrected chi connectivity index (χ0v) is 12.2. The van der Waals surface area contributed by atoms with Gasteiger partial charge in [0.05, 0.1) is 13.0 Å². The van der Waals surface area contributed by atoms with Gasteiger partial charge in [0.25, 0.3) is 0 Å². The minimum Gasteiger partial charge on any atom is -0.493 e. The number of piperazine rings is 1. The smallest absolute Gasteiger partial charge is 0.248 e. The van der Waals surface area contributed by atoms with Crippen molar-refractivity contribution in [1.29, 1.82) is 0 Å². The predicted octanol–water partition coefficient (Wildman–Crippen LogP) is 0.375. The van der Waals surface area contributed by atoms with Gasteiger partial charge < -0.3 is 20.7 Å². The van der Waals surface area contributed by atoms with Crippen molar-refractivity contribution < 1.29 is 14.3 Å². The van der Waals surface area contributed by atoms with Gasteiger partial charge in [-0.1, -0.05) is 0 Å². The molecule has 3 N–H and O–H groups in total. The molecule has 0 radical (unpaired) electrons. The lowest BCUT2D eigenvalue weighted by Crippen LogP contribution is -2.52. The number of ether oxygens (including phenoxy) is 1. The lowest BCUT2D eigenvalue weighted by molar-refractivity contribution is -0.134. The van der Waals surface area contributed by atoms with E-state index in [1.807, 2.05) is 11.8 Å². The number of rotatable bonds is 5. The summed E-state index contributed by atoms with van der Waals surface area (Å²) in [6.07, 6.45) is 0.349. The highest BCUT2D eigenvalue weighted by molar-refractivity contribution is 5.92. The first-order valence-corrected chi connectivity index (χ1v) is 7.11. The molecular formula is C15H21N3O3. The standard InChI is InChI=1S/C15H21N3O3/c1-11-10-17-7-8-18(11)14(19)6-9-21-13-4-2-12(3-5-13)15(16)20/h2-5,11,17H,6-10H2,1H3,(H2,16,20). The van der Waals surface area contributed by atoms with Crippen molar-refractivity contribution >= 4 is 11.8 Å². The molecule has 1 aromatic carbocycles. The highest BCUT2D eigenvalue weighted by atomic mass is 16.5. The summed E-state index contributed by atoms with van der Waals surface area (Å²) in [6, 6.07) is 6.80. The number of benzene rings is 1. The molecule has 1 atom stereocenters. The largest absolute Gasteiger partial charge is 0.493 e. The van der Waals surface area contributed by atoms with Gasteiger partial charge in [-0.05, 0) is 31.2 Å². The topological polar surface area (TPSA) is 84.7 Å². The number of hydrogen-bond acceptors (Lipinski definition) is 4. The number of nitrogens with one attached hydrogen (secondary N) is 1.